The van der Waals surface area contributed by atoms with E-state index in [1.807, 2.05) is 0 Å². The Morgan fingerprint density at radius 1 is 1.40 bits per heavy atom. The molecule has 1 rings (SSSR count). The summed E-state index contributed by atoms with van der Waals surface area (Å²) in [6.45, 7) is 5.76. The molecule has 1 heterocycles. The van der Waals surface area contributed by atoms with E-state index >= 15 is 0 Å². The highest BCUT2D eigenvalue weighted by Crippen LogP contribution is 2.00. The highest BCUT2D eigenvalue weighted by atomic mass is 32.3. The zero-order valence-corrected chi connectivity index (χ0v) is 10.1. The molecule has 0 unspecified atom stereocenters. The maximum atomic E-state index is 9.56. The van der Waals surface area contributed by atoms with Gasteiger partial charge < -0.3 is 9.80 Å². The van der Waals surface area contributed by atoms with Crippen LogP contribution in [0, 0.1) is 0 Å². The molecule has 0 aromatic heterocycles. The molecule has 1 aliphatic rings. The zero-order chi connectivity index (χ0) is 11.9. The molecule has 0 saturated heterocycles. The fourth-order valence-electron chi connectivity index (χ4n) is 0.943. The summed E-state index contributed by atoms with van der Waals surface area (Å²) < 4.78 is 30.7. The van der Waals surface area contributed by atoms with Gasteiger partial charge >= 0.3 is 10.4 Å². The molecule has 0 aromatic rings. The van der Waals surface area contributed by atoms with E-state index in [1.165, 1.54) is 6.92 Å². The average Bonchev–Trinajstić information content (AvgIpc) is 2.50. The molecule has 90 valence electrons. The lowest BCUT2D eigenvalue weighted by Crippen LogP contribution is -2.21. The molecule has 15 heavy (non-hydrogen) atoms. The van der Waals surface area contributed by atoms with Crippen LogP contribution in [0.2, 0.25) is 0 Å². The highest BCUT2D eigenvalue weighted by molar-refractivity contribution is 7.80. The second-order valence-electron chi connectivity index (χ2n) is 2.94. The van der Waals surface area contributed by atoms with Gasteiger partial charge in [0.15, 0.2) is 0 Å². The van der Waals surface area contributed by atoms with Gasteiger partial charge in [-0.3, -0.25) is 4.55 Å². The van der Waals surface area contributed by atoms with E-state index in [9.17, 15) is 8.42 Å². The van der Waals surface area contributed by atoms with Gasteiger partial charge in [-0.1, -0.05) is 0 Å². The highest BCUT2D eigenvalue weighted by Gasteiger charge is 2.03. The molecule has 0 atom stereocenters. The van der Waals surface area contributed by atoms with Gasteiger partial charge in [0.25, 0.3) is 0 Å². The first-order valence-electron chi connectivity index (χ1n) is 4.63. The molecule has 0 bridgehead atoms. The first kappa shape index (κ1) is 14.2. The maximum absolute atomic E-state index is 9.56. The average molecular weight is 238 g/mol. The molecule has 0 aliphatic carbocycles. The van der Waals surface area contributed by atoms with E-state index in [-0.39, 0.29) is 6.61 Å². The molecule has 0 amide bonds. The minimum absolute atomic E-state index is 0.0289. The van der Waals surface area contributed by atoms with Gasteiger partial charge in [0.05, 0.1) is 13.3 Å². The van der Waals surface area contributed by atoms with Crippen LogP contribution in [-0.4, -0.2) is 49.6 Å². The summed E-state index contributed by atoms with van der Waals surface area (Å²) >= 11 is 0. The largest absolute Gasteiger partial charge is 0.397 e. The molecule has 0 saturated carbocycles. The summed E-state index contributed by atoms with van der Waals surface area (Å²) in [4.78, 5) is 4.41. The second kappa shape index (κ2) is 6.65. The Labute approximate surface area is 91.1 Å². The topological polar surface area (TPSA) is 70.1 Å². The van der Waals surface area contributed by atoms with E-state index in [1.54, 1.807) is 0 Å². The molecule has 0 spiro atoms. The standard InChI is InChI=1S/C6H12N2.C2H6O4S/c1-3-8-5-4-7(2)6-8;1-2-6-7(3,4)5/h4-5H,3,6H2,1-2H3;2H2,1H3,(H,3,4,5). The van der Waals surface area contributed by atoms with Crippen molar-refractivity contribution in [2.45, 2.75) is 13.8 Å². The molecule has 0 aromatic carbocycles. The van der Waals surface area contributed by atoms with Crippen LogP contribution in [0.5, 0.6) is 0 Å². The van der Waals surface area contributed by atoms with Gasteiger partial charge in [0.2, 0.25) is 0 Å². The first-order chi connectivity index (χ1) is 6.89. The van der Waals surface area contributed by atoms with E-state index in [4.69, 9.17) is 4.55 Å². The van der Waals surface area contributed by atoms with Crippen molar-refractivity contribution in [1.82, 2.24) is 9.80 Å². The SMILES string of the molecule is CCN1C=CN(C)C1.CCOS(=O)(=O)O. The third-order valence-electron chi connectivity index (χ3n) is 1.61. The van der Waals surface area contributed by atoms with Gasteiger partial charge in [-0.2, -0.15) is 8.42 Å². The lowest BCUT2D eigenvalue weighted by Gasteiger charge is -2.14. The van der Waals surface area contributed by atoms with Crippen LogP contribution in [0.25, 0.3) is 0 Å². The fourth-order valence-corrected chi connectivity index (χ4v) is 1.24. The summed E-state index contributed by atoms with van der Waals surface area (Å²) in [6.07, 6.45) is 4.20. The Morgan fingerprint density at radius 3 is 2.13 bits per heavy atom. The van der Waals surface area contributed by atoms with Crippen molar-refractivity contribution in [2.75, 3.05) is 26.9 Å². The third kappa shape index (κ3) is 8.22. The van der Waals surface area contributed by atoms with Gasteiger partial charge in [-0.15, -0.1) is 0 Å². The number of hydrogen-bond donors (Lipinski definition) is 1. The van der Waals surface area contributed by atoms with E-state index in [2.05, 4.69) is 40.4 Å². The molecule has 1 N–H and O–H groups in total. The first-order valence-corrected chi connectivity index (χ1v) is 6.00. The Morgan fingerprint density at radius 2 is 2.00 bits per heavy atom. The van der Waals surface area contributed by atoms with Gasteiger partial charge in [-0.25, -0.2) is 4.18 Å². The number of hydrogen-bond acceptors (Lipinski definition) is 5. The van der Waals surface area contributed by atoms with Gasteiger partial charge in [0, 0.05) is 26.0 Å². The van der Waals surface area contributed by atoms with Crippen molar-refractivity contribution in [3.05, 3.63) is 12.4 Å². The predicted octanol–water partition coefficient (Wildman–Crippen LogP) is 0.508. The van der Waals surface area contributed by atoms with Crippen molar-refractivity contribution in [3.63, 3.8) is 0 Å². The Balaban J connectivity index is 0.000000265. The Kier molecular flexibility index (Phi) is 6.30. The third-order valence-corrected chi connectivity index (χ3v) is 2.14. The minimum atomic E-state index is -4.17. The molecular weight excluding hydrogens is 220 g/mol. The summed E-state index contributed by atoms with van der Waals surface area (Å²) in [5.74, 6) is 0. The van der Waals surface area contributed by atoms with Crippen molar-refractivity contribution >= 4 is 10.4 Å². The van der Waals surface area contributed by atoms with Crippen molar-refractivity contribution in [1.29, 1.82) is 0 Å². The zero-order valence-electron chi connectivity index (χ0n) is 9.25. The minimum Gasteiger partial charge on any atom is -0.362 e. The molecule has 0 fully saturated rings. The van der Waals surface area contributed by atoms with E-state index in [0.29, 0.717) is 0 Å². The normalized spacial score (nSPS) is 15.2. The lowest BCUT2D eigenvalue weighted by atomic mass is 10.6. The maximum Gasteiger partial charge on any atom is 0.397 e. The number of nitrogens with zero attached hydrogens (tertiary/aromatic N) is 2. The molecule has 7 heteroatoms. The smallest absolute Gasteiger partial charge is 0.362 e. The molecule has 1 aliphatic heterocycles. The van der Waals surface area contributed by atoms with Crippen LogP contribution in [0.1, 0.15) is 13.8 Å². The second-order valence-corrected chi connectivity index (χ2v) is 4.03. The van der Waals surface area contributed by atoms with Gasteiger partial charge in [0.1, 0.15) is 0 Å². The van der Waals surface area contributed by atoms with Crippen LogP contribution in [0.15, 0.2) is 12.4 Å². The van der Waals surface area contributed by atoms with Crippen LogP contribution in [-0.2, 0) is 14.6 Å². The summed E-state index contributed by atoms with van der Waals surface area (Å²) in [7, 11) is -2.10. The monoisotopic (exact) mass is 238 g/mol. The summed E-state index contributed by atoms with van der Waals surface area (Å²) in [5, 5.41) is 0. The van der Waals surface area contributed by atoms with E-state index < -0.39 is 10.4 Å². The van der Waals surface area contributed by atoms with Gasteiger partial charge in [-0.05, 0) is 13.8 Å². The fraction of sp³-hybridized carbons (Fsp3) is 0.750. The summed E-state index contributed by atoms with van der Waals surface area (Å²) in [5.41, 5.74) is 0. The summed E-state index contributed by atoms with van der Waals surface area (Å²) in [6, 6.07) is 0. The van der Waals surface area contributed by atoms with Crippen molar-refractivity contribution in [3.8, 4) is 0 Å². The van der Waals surface area contributed by atoms with Crippen LogP contribution < -0.4 is 0 Å². The van der Waals surface area contributed by atoms with Crippen LogP contribution in [0.4, 0.5) is 0 Å². The van der Waals surface area contributed by atoms with Crippen molar-refractivity contribution < 1.29 is 17.2 Å². The van der Waals surface area contributed by atoms with Crippen molar-refractivity contribution in [2.24, 2.45) is 0 Å². The molecule has 0 radical (unpaired) electrons. The quantitative estimate of drug-likeness (QED) is 0.722. The predicted molar refractivity (Wildman–Crippen MR) is 57.3 cm³/mol. The Hall–Kier alpha value is -0.790. The van der Waals surface area contributed by atoms with Crippen LogP contribution in [0.3, 0.4) is 0 Å². The molecule has 6 nitrogen and oxygen atoms in total. The Bertz CT molecular complexity index is 289. The van der Waals surface area contributed by atoms with E-state index in [0.717, 1.165) is 13.2 Å². The lowest BCUT2D eigenvalue weighted by molar-refractivity contribution is 0.283. The van der Waals surface area contributed by atoms with Crippen LogP contribution >= 0.6 is 0 Å². The number of rotatable bonds is 3. The molecular formula is C8H18N2O4S.